The van der Waals surface area contributed by atoms with Gasteiger partial charge >= 0.3 is 0 Å². The van der Waals surface area contributed by atoms with E-state index in [1.54, 1.807) is 0 Å². The number of halogens is 1. The molecule has 0 amide bonds. The summed E-state index contributed by atoms with van der Waals surface area (Å²) in [7, 11) is -3.49. The number of nitrogens with zero attached hydrogens (tertiary/aromatic N) is 2. The van der Waals surface area contributed by atoms with E-state index in [4.69, 9.17) is 5.26 Å². The van der Waals surface area contributed by atoms with Gasteiger partial charge in [-0.3, -0.25) is 0 Å². The lowest BCUT2D eigenvalue weighted by atomic mass is 10.1. The number of piperidine rings is 1. The van der Waals surface area contributed by atoms with E-state index in [9.17, 15) is 8.42 Å². The van der Waals surface area contributed by atoms with Gasteiger partial charge in [0.05, 0.1) is 16.5 Å². The third-order valence-electron chi connectivity index (χ3n) is 3.74. The molecule has 1 aromatic carbocycles. The van der Waals surface area contributed by atoms with Crippen LogP contribution in [0.5, 0.6) is 0 Å². The van der Waals surface area contributed by atoms with Gasteiger partial charge in [0.25, 0.3) is 0 Å². The number of nitriles is 1. The fraction of sp³-hybridized carbons (Fsp3) is 0.533. The van der Waals surface area contributed by atoms with E-state index >= 15 is 0 Å². The molecular formula is C15H22ClN3O2S. The molecular weight excluding hydrogens is 322 g/mol. The van der Waals surface area contributed by atoms with Crippen molar-refractivity contribution in [2.45, 2.75) is 37.1 Å². The smallest absolute Gasteiger partial charge is 0.240 e. The highest BCUT2D eigenvalue weighted by Crippen LogP contribution is 2.15. The van der Waals surface area contributed by atoms with Crippen molar-refractivity contribution in [2.24, 2.45) is 0 Å². The van der Waals surface area contributed by atoms with Crippen molar-refractivity contribution in [1.29, 1.82) is 5.26 Å². The number of benzene rings is 1. The molecule has 1 aliphatic heterocycles. The first kappa shape index (κ1) is 18.9. The van der Waals surface area contributed by atoms with E-state index in [2.05, 4.69) is 16.5 Å². The van der Waals surface area contributed by atoms with Crippen molar-refractivity contribution < 1.29 is 8.42 Å². The zero-order valence-corrected chi connectivity index (χ0v) is 14.3. The summed E-state index contributed by atoms with van der Waals surface area (Å²) >= 11 is 0. The van der Waals surface area contributed by atoms with E-state index in [-0.39, 0.29) is 23.3 Å². The topological polar surface area (TPSA) is 73.2 Å². The second-order valence-electron chi connectivity index (χ2n) is 5.37. The van der Waals surface area contributed by atoms with Crippen LogP contribution >= 0.6 is 12.4 Å². The summed E-state index contributed by atoms with van der Waals surface area (Å²) in [5, 5.41) is 8.74. The molecule has 5 nitrogen and oxygen atoms in total. The molecule has 7 heteroatoms. The first-order valence-corrected chi connectivity index (χ1v) is 8.78. The average molecular weight is 344 g/mol. The van der Waals surface area contributed by atoms with Gasteiger partial charge in [0.2, 0.25) is 10.0 Å². The minimum absolute atomic E-state index is 0. The maximum absolute atomic E-state index is 12.3. The molecule has 122 valence electrons. The van der Waals surface area contributed by atoms with Crippen LogP contribution in [0.25, 0.3) is 0 Å². The first-order chi connectivity index (χ1) is 10.0. The summed E-state index contributed by atoms with van der Waals surface area (Å²) in [6, 6.07) is 7.99. The lowest BCUT2D eigenvalue weighted by molar-refractivity contribution is 0.208. The number of hydrogen-bond acceptors (Lipinski definition) is 4. The minimum Gasteiger partial charge on any atom is -0.303 e. The van der Waals surface area contributed by atoms with Crippen molar-refractivity contribution in [3.05, 3.63) is 29.8 Å². The molecule has 0 saturated carbocycles. The molecule has 1 saturated heterocycles. The predicted molar refractivity (Wildman–Crippen MR) is 88.5 cm³/mol. The third kappa shape index (κ3) is 4.96. The highest BCUT2D eigenvalue weighted by atomic mass is 35.5. The van der Waals surface area contributed by atoms with E-state index in [0.29, 0.717) is 5.56 Å². The Morgan fingerprint density at radius 1 is 1.27 bits per heavy atom. The minimum atomic E-state index is -3.49. The monoisotopic (exact) mass is 343 g/mol. The van der Waals surface area contributed by atoms with Crippen LogP contribution in [0.2, 0.25) is 0 Å². The predicted octanol–water partition coefficient (Wildman–Crippen LogP) is 2.13. The highest BCUT2D eigenvalue weighted by molar-refractivity contribution is 7.89. The van der Waals surface area contributed by atoms with Gasteiger partial charge in [-0.25, -0.2) is 13.1 Å². The fourth-order valence-corrected chi connectivity index (χ4v) is 3.89. The molecule has 1 aliphatic rings. The van der Waals surface area contributed by atoms with Gasteiger partial charge in [-0.2, -0.15) is 5.26 Å². The van der Waals surface area contributed by atoms with Crippen LogP contribution in [0, 0.1) is 11.3 Å². The molecule has 0 bridgehead atoms. The van der Waals surface area contributed by atoms with Gasteiger partial charge < -0.3 is 4.90 Å². The lowest BCUT2D eigenvalue weighted by Crippen LogP contribution is -2.44. The molecule has 1 fully saturated rings. The van der Waals surface area contributed by atoms with E-state index < -0.39 is 10.0 Å². The SMILES string of the molecule is CCCN1CCC(NS(=O)(=O)c2ccc(C#N)cc2)CC1.Cl. The van der Waals surface area contributed by atoms with Crippen molar-refractivity contribution in [2.75, 3.05) is 19.6 Å². The quantitative estimate of drug-likeness (QED) is 0.888. The van der Waals surface area contributed by atoms with Gasteiger partial charge in [-0.15, -0.1) is 12.4 Å². The average Bonchev–Trinajstić information content (AvgIpc) is 2.49. The molecule has 2 rings (SSSR count). The van der Waals surface area contributed by atoms with Crippen LogP contribution < -0.4 is 4.72 Å². The Labute approximate surface area is 138 Å². The number of hydrogen-bond donors (Lipinski definition) is 1. The zero-order valence-electron chi connectivity index (χ0n) is 12.7. The normalized spacial score (nSPS) is 16.7. The molecule has 1 heterocycles. The maximum Gasteiger partial charge on any atom is 0.240 e. The second-order valence-corrected chi connectivity index (χ2v) is 7.09. The van der Waals surface area contributed by atoms with Gasteiger partial charge in [0, 0.05) is 6.04 Å². The van der Waals surface area contributed by atoms with Crippen LogP contribution in [0.3, 0.4) is 0 Å². The molecule has 0 unspecified atom stereocenters. The van der Waals surface area contributed by atoms with Crippen molar-refractivity contribution in [1.82, 2.24) is 9.62 Å². The van der Waals surface area contributed by atoms with Gasteiger partial charge in [0.1, 0.15) is 0 Å². The van der Waals surface area contributed by atoms with Gasteiger partial charge in [-0.05, 0) is 63.2 Å². The number of sulfonamides is 1. The first-order valence-electron chi connectivity index (χ1n) is 7.30. The molecule has 0 aliphatic carbocycles. The van der Waals surface area contributed by atoms with Gasteiger partial charge in [-0.1, -0.05) is 6.92 Å². The molecule has 0 radical (unpaired) electrons. The number of rotatable bonds is 5. The van der Waals surface area contributed by atoms with Crippen LogP contribution in [-0.4, -0.2) is 39.0 Å². The highest BCUT2D eigenvalue weighted by Gasteiger charge is 2.24. The Morgan fingerprint density at radius 3 is 2.36 bits per heavy atom. The zero-order chi connectivity index (χ0) is 15.3. The number of likely N-dealkylation sites (tertiary alicyclic amines) is 1. The summed E-state index contributed by atoms with van der Waals surface area (Å²) < 4.78 is 27.4. The fourth-order valence-electron chi connectivity index (χ4n) is 2.59. The third-order valence-corrected chi connectivity index (χ3v) is 5.28. The van der Waals surface area contributed by atoms with Crippen LogP contribution in [0.15, 0.2) is 29.2 Å². The summed E-state index contributed by atoms with van der Waals surface area (Å²) in [6.07, 6.45) is 2.81. The summed E-state index contributed by atoms with van der Waals surface area (Å²) in [5.74, 6) is 0. The van der Waals surface area contributed by atoms with E-state index in [1.165, 1.54) is 24.3 Å². The lowest BCUT2D eigenvalue weighted by Gasteiger charge is -2.31. The maximum atomic E-state index is 12.3. The van der Waals surface area contributed by atoms with Crippen molar-refractivity contribution in [3.8, 4) is 6.07 Å². The van der Waals surface area contributed by atoms with Crippen molar-refractivity contribution in [3.63, 3.8) is 0 Å². The summed E-state index contributed by atoms with van der Waals surface area (Å²) in [4.78, 5) is 2.59. The van der Waals surface area contributed by atoms with E-state index in [1.807, 2.05) is 6.07 Å². The molecule has 0 aromatic heterocycles. The van der Waals surface area contributed by atoms with Gasteiger partial charge in [0.15, 0.2) is 0 Å². The summed E-state index contributed by atoms with van der Waals surface area (Å²) in [6.45, 7) is 5.11. The Balaban J connectivity index is 0.00000242. The van der Waals surface area contributed by atoms with Crippen LogP contribution in [0.4, 0.5) is 0 Å². The molecule has 22 heavy (non-hydrogen) atoms. The standard InChI is InChI=1S/C15H21N3O2S.ClH/c1-2-9-18-10-7-14(8-11-18)17-21(19,20)15-5-3-13(12-16)4-6-15;/h3-6,14,17H,2,7-11H2,1H3;1H. The molecule has 1 N–H and O–H groups in total. The largest absolute Gasteiger partial charge is 0.303 e. The molecule has 0 spiro atoms. The number of nitrogens with one attached hydrogen (secondary N) is 1. The molecule has 1 aromatic rings. The van der Waals surface area contributed by atoms with Crippen LogP contribution in [-0.2, 0) is 10.0 Å². The van der Waals surface area contributed by atoms with E-state index in [0.717, 1.165) is 38.9 Å². The summed E-state index contributed by atoms with van der Waals surface area (Å²) in [5.41, 5.74) is 0.460. The Hall–Kier alpha value is -1.13. The second kappa shape index (κ2) is 8.49. The Morgan fingerprint density at radius 2 is 1.86 bits per heavy atom. The Kier molecular flexibility index (Phi) is 7.30. The van der Waals surface area contributed by atoms with Crippen LogP contribution in [0.1, 0.15) is 31.7 Å². The Bertz CT molecular complexity index is 603. The van der Waals surface area contributed by atoms with Crippen molar-refractivity contribution >= 4 is 22.4 Å². The molecule has 0 atom stereocenters.